The molecule has 1 aliphatic carbocycles. The minimum Gasteiger partial charge on any atom is -0.352 e. The van der Waals surface area contributed by atoms with Gasteiger partial charge in [-0.15, -0.1) is 0 Å². The summed E-state index contributed by atoms with van der Waals surface area (Å²) in [5, 5.41) is 7.48. The number of amides is 2. The molecule has 1 aromatic heterocycles. The van der Waals surface area contributed by atoms with Gasteiger partial charge < -0.3 is 10.2 Å². The third-order valence-electron chi connectivity index (χ3n) is 6.02. The van der Waals surface area contributed by atoms with Gasteiger partial charge in [0, 0.05) is 37.7 Å². The van der Waals surface area contributed by atoms with Gasteiger partial charge in [0.05, 0.1) is 17.8 Å². The SMILES string of the molecule is Cc1c(C(=O)NCC2CC(=O)N(Cc3ccccc3)C2)cnn1C1CCCC1. The average Bonchev–Trinajstić information content (AvgIpc) is 3.42. The second-order valence-electron chi connectivity index (χ2n) is 8.07. The van der Waals surface area contributed by atoms with Gasteiger partial charge >= 0.3 is 0 Å². The Bertz CT molecular complexity index is 839. The maximum Gasteiger partial charge on any atom is 0.254 e. The topological polar surface area (TPSA) is 67.2 Å². The molecule has 2 aromatic rings. The second-order valence-corrected chi connectivity index (χ2v) is 8.07. The third kappa shape index (κ3) is 3.96. The van der Waals surface area contributed by atoms with E-state index in [1.165, 1.54) is 12.8 Å². The van der Waals surface area contributed by atoms with Gasteiger partial charge in [0.2, 0.25) is 5.91 Å². The highest BCUT2D eigenvalue weighted by Crippen LogP contribution is 2.30. The molecule has 2 aliphatic rings. The Morgan fingerprint density at radius 2 is 1.96 bits per heavy atom. The number of likely N-dealkylation sites (tertiary alicyclic amines) is 1. The fourth-order valence-corrected chi connectivity index (χ4v) is 4.44. The summed E-state index contributed by atoms with van der Waals surface area (Å²) in [6, 6.07) is 10.5. The molecule has 2 heterocycles. The first-order valence-corrected chi connectivity index (χ1v) is 10.3. The number of nitrogens with one attached hydrogen (secondary N) is 1. The molecule has 1 aromatic carbocycles. The fourth-order valence-electron chi connectivity index (χ4n) is 4.44. The highest BCUT2D eigenvalue weighted by atomic mass is 16.2. The van der Waals surface area contributed by atoms with E-state index in [4.69, 9.17) is 0 Å². The largest absolute Gasteiger partial charge is 0.352 e. The van der Waals surface area contributed by atoms with Crippen LogP contribution in [0, 0.1) is 12.8 Å². The normalized spacial score (nSPS) is 20.1. The standard InChI is InChI=1S/C22H28N4O2/c1-16-20(13-24-26(16)19-9-5-6-10-19)22(28)23-12-18-11-21(27)25(15-18)14-17-7-3-2-4-8-17/h2-4,7-8,13,18-19H,5-6,9-12,14-15H2,1H3,(H,23,28). The maximum atomic E-state index is 12.6. The van der Waals surface area contributed by atoms with Crippen LogP contribution in [0.25, 0.3) is 0 Å². The number of hydrogen-bond donors (Lipinski definition) is 1. The predicted octanol–water partition coefficient (Wildman–Crippen LogP) is 3.09. The first-order valence-electron chi connectivity index (χ1n) is 10.3. The van der Waals surface area contributed by atoms with E-state index in [0.29, 0.717) is 37.7 Å². The van der Waals surface area contributed by atoms with Crippen LogP contribution in [-0.2, 0) is 11.3 Å². The maximum absolute atomic E-state index is 12.6. The van der Waals surface area contributed by atoms with E-state index in [9.17, 15) is 9.59 Å². The van der Waals surface area contributed by atoms with Crippen LogP contribution in [0.1, 0.15) is 59.8 Å². The van der Waals surface area contributed by atoms with Crippen molar-refractivity contribution in [2.75, 3.05) is 13.1 Å². The summed E-state index contributed by atoms with van der Waals surface area (Å²) in [5.74, 6) is 0.231. The van der Waals surface area contributed by atoms with E-state index in [1.54, 1.807) is 6.20 Å². The Morgan fingerprint density at radius 1 is 1.21 bits per heavy atom. The van der Waals surface area contributed by atoms with E-state index < -0.39 is 0 Å². The molecule has 1 unspecified atom stereocenters. The third-order valence-corrected chi connectivity index (χ3v) is 6.02. The number of hydrogen-bond acceptors (Lipinski definition) is 3. The Hall–Kier alpha value is -2.63. The van der Waals surface area contributed by atoms with Crippen molar-refractivity contribution in [3.8, 4) is 0 Å². The van der Waals surface area contributed by atoms with Crippen LogP contribution in [0.2, 0.25) is 0 Å². The minimum atomic E-state index is -0.0873. The molecule has 2 amide bonds. The van der Waals surface area contributed by atoms with Gasteiger partial charge in [-0.05, 0) is 25.3 Å². The molecule has 2 fully saturated rings. The average molecular weight is 380 g/mol. The summed E-state index contributed by atoms with van der Waals surface area (Å²) in [6.07, 6.45) is 6.94. The second kappa shape index (κ2) is 8.17. The molecule has 1 aliphatic heterocycles. The van der Waals surface area contributed by atoms with Gasteiger partial charge in [0.1, 0.15) is 0 Å². The number of benzene rings is 1. The van der Waals surface area contributed by atoms with Crippen molar-refractivity contribution in [2.24, 2.45) is 5.92 Å². The molecular formula is C22H28N4O2. The van der Waals surface area contributed by atoms with Crippen molar-refractivity contribution < 1.29 is 9.59 Å². The molecule has 28 heavy (non-hydrogen) atoms. The number of rotatable bonds is 6. The van der Waals surface area contributed by atoms with Crippen molar-refractivity contribution >= 4 is 11.8 Å². The van der Waals surface area contributed by atoms with Gasteiger partial charge in [-0.2, -0.15) is 5.10 Å². The van der Waals surface area contributed by atoms with Gasteiger partial charge in [-0.3, -0.25) is 14.3 Å². The van der Waals surface area contributed by atoms with Gasteiger partial charge in [-0.25, -0.2) is 0 Å². The van der Waals surface area contributed by atoms with Gasteiger partial charge in [0.15, 0.2) is 0 Å². The molecule has 0 radical (unpaired) electrons. The summed E-state index contributed by atoms with van der Waals surface area (Å²) in [4.78, 5) is 26.8. The Kier molecular flexibility index (Phi) is 5.46. The summed E-state index contributed by atoms with van der Waals surface area (Å²) < 4.78 is 2.02. The van der Waals surface area contributed by atoms with Gasteiger partial charge in [-0.1, -0.05) is 43.2 Å². The van der Waals surface area contributed by atoms with Crippen molar-refractivity contribution in [2.45, 2.75) is 51.6 Å². The molecule has 1 saturated heterocycles. The number of carbonyl (C=O) groups is 2. The Labute approximate surface area is 165 Å². The zero-order valence-electron chi connectivity index (χ0n) is 16.4. The molecule has 6 heteroatoms. The van der Waals surface area contributed by atoms with Gasteiger partial charge in [0.25, 0.3) is 5.91 Å². The summed E-state index contributed by atoms with van der Waals surface area (Å²) >= 11 is 0. The van der Waals surface area contributed by atoms with Crippen LogP contribution < -0.4 is 5.32 Å². The van der Waals surface area contributed by atoms with Crippen molar-refractivity contribution in [1.29, 1.82) is 0 Å². The number of carbonyl (C=O) groups excluding carboxylic acids is 2. The Balaban J connectivity index is 1.31. The molecule has 4 rings (SSSR count). The lowest BCUT2D eigenvalue weighted by Crippen LogP contribution is -2.31. The van der Waals surface area contributed by atoms with E-state index in [2.05, 4.69) is 10.4 Å². The summed E-state index contributed by atoms with van der Waals surface area (Å²) in [5.41, 5.74) is 2.73. The summed E-state index contributed by atoms with van der Waals surface area (Å²) in [7, 11) is 0. The smallest absolute Gasteiger partial charge is 0.254 e. The predicted molar refractivity (Wildman–Crippen MR) is 107 cm³/mol. The first kappa shape index (κ1) is 18.7. The molecule has 1 saturated carbocycles. The van der Waals surface area contributed by atoms with Crippen LogP contribution in [0.4, 0.5) is 0 Å². The molecule has 1 atom stereocenters. The number of aromatic nitrogens is 2. The minimum absolute atomic E-state index is 0.0873. The number of nitrogens with zero attached hydrogens (tertiary/aromatic N) is 3. The van der Waals surface area contributed by atoms with E-state index in [0.717, 1.165) is 24.1 Å². The Morgan fingerprint density at radius 3 is 2.71 bits per heavy atom. The van der Waals surface area contributed by atoms with E-state index in [-0.39, 0.29) is 17.7 Å². The zero-order chi connectivity index (χ0) is 19.5. The molecule has 148 valence electrons. The lowest BCUT2D eigenvalue weighted by Gasteiger charge is -2.17. The quantitative estimate of drug-likeness (QED) is 0.837. The molecular weight excluding hydrogens is 352 g/mol. The van der Waals surface area contributed by atoms with Crippen LogP contribution in [-0.4, -0.2) is 39.6 Å². The molecule has 1 N–H and O–H groups in total. The van der Waals surface area contributed by atoms with Crippen molar-refractivity contribution in [3.05, 3.63) is 53.3 Å². The lowest BCUT2D eigenvalue weighted by atomic mass is 10.1. The molecule has 0 spiro atoms. The highest BCUT2D eigenvalue weighted by molar-refractivity contribution is 5.95. The van der Waals surface area contributed by atoms with E-state index >= 15 is 0 Å². The van der Waals surface area contributed by atoms with Crippen LogP contribution >= 0.6 is 0 Å². The van der Waals surface area contributed by atoms with Crippen molar-refractivity contribution in [1.82, 2.24) is 20.0 Å². The highest BCUT2D eigenvalue weighted by Gasteiger charge is 2.30. The zero-order valence-corrected chi connectivity index (χ0v) is 16.4. The van der Waals surface area contributed by atoms with E-state index in [1.807, 2.05) is 46.8 Å². The van der Waals surface area contributed by atoms with Crippen molar-refractivity contribution in [3.63, 3.8) is 0 Å². The molecule has 6 nitrogen and oxygen atoms in total. The van der Waals surface area contributed by atoms with Crippen LogP contribution in [0.15, 0.2) is 36.5 Å². The molecule has 0 bridgehead atoms. The first-order chi connectivity index (χ1) is 13.6. The fraction of sp³-hybridized carbons (Fsp3) is 0.500. The lowest BCUT2D eigenvalue weighted by molar-refractivity contribution is -0.128. The van der Waals surface area contributed by atoms with Crippen LogP contribution in [0.3, 0.4) is 0 Å². The summed E-state index contributed by atoms with van der Waals surface area (Å²) in [6.45, 7) is 3.82. The van der Waals surface area contributed by atoms with Crippen LogP contribution in [0.5, 0.6) is 0 Å². The monoisotopic (exact) mass is 380 g/mol.